The highest BCUT2D eigenvalue weighted by Gasteiger charge is 2.32. The molecule has 1 saturated heterocycles. The lowest BCUT2D eigenvalue weighted by Gasteiger charge is -2.37. The molecule has 1 amide bonds. The highest BCUT2D eigenvalue weighted by molar-refractivity contribution is 5.81. The van der Waals surface area contributed by atoms with Gasteiger partial charge in [-0.25, -0.2) is 0 Å². The lowest BCUT2D eigenvalue weighted by molar-refractivity contribution is -0.138. The minimum absolute atomic E-state index is 0.0337. The van der Waals surface area contributed by atoms with Gasteiger partial charge in [0.2, 0.25) is 5.91 Å². The van der Waals surface area contributed by atoms with Crippen LogP contribution < -0.4 is 0 Å². The Bertz CT molecular complexity index is 622. The number of benzene rings is 1. The van der Waals surface area contributed by atoms with E-state index in [0.717, 1.165) is 38.8 Å². The largest absolute Gasteiger partial charge is 0.371 e. The van der Waals surface area contributed by atoms with E-state index in [0.29, 0.717) is 13.1 Å². The Morgan fingerprint density at radius 2 is 2.25 bits per heavy atom. The van der Waals surface area contributed by atoms with Crippen molar-refractivity contribution in [1.29, 1.82) is 0 Å². The fourth-order valence-electron chi connectivity index (χ4n) is 3.80. The quantitative estimate of drug-likeness (QED) is 0.796. The monoisotopic (exact) mass is 326 g/mol. The maximum Gasteiger partial charge on any atom is 0.239 e. The first kappa shape index (κ1) is 17.0. The van der Waals surface area contributed by atoms with E-state index in [1.165, 1.54) is 11.1 Å². The van der Waals surface area contributed by atoms with E-state index in [1.54, 1.807) is 0 Å². The van der Waals surface area contributed by atoms with Gasteiger partial charge in [-0.1, -0.05) is 36.6 Å². The van der Waals surface area contributed by atoms with Crippen molar-refractivity contribution in [3.63, 3.8) is 0 Å². The summed E-state index contributed by atoms with van der Waals surface area (Å²) in [6.45, 7) is 2.77. The van der Waals surface area contributed by atoms with Crippen molar-refractivity contribution in [2.75, 3.05) is 33.3 Å². The van der Waals surface area contributed by atoms with Crippen LogP contribution in [-0.2, 0) is 16.0 Å². The summed E-state index contributed by atoms with van der Waals surface area (Å²) >= 11 is 0. The molecule has 0 radical (unpaired) electrons. The molecule has 24 heavy (non-hydrogen) atoms. The average molecular weight is 326 g/mol. The van der Waals surface area contributed by atoms with Crippen molar-refractivity contribution in [3.05, 3.63) is 35.4 Å². The zero-order chi connectivity index (χ0) is 16.9. The normalized spacial score (nSPS) is 24.0. The van der Waals surface area contributed by atoms with Crippen molar-refractivity contribution in [2.24, 2.45) is 0 Å². The molecule has 0 spiro atoms. The molecule has 1 aromatic carbocycles. The third-order valence-corrected chi connectivity index (χ3v) is 5.10. The summed E-state index contributed by atoms with van der Waals surface area (Å²) in [6, 6.07) is 8.29. The minimum Gasteiger partial charge on any atom is -0.371 e. The second-order valence-corrected chi connectivity index (χ2v) is 6.71. The number of hydrogen-bond donors (Lipinski definition) is 0. The van der Waals surface area contributed by atoms with Gasteiger partial charge in [-0.2, -0.15) is 0 Å². The van der Waals surface area contributed by atoms with Gasteiger partial charge in [0.05, 0.1) is 25.7 Å². The molecule has 0 aliphatic carbocycles. The first-order chi connectivity index (χ1) is 11.7. The predicted molar refractivity (Wildman–Crippen MR) is 94.5 cm³/mol. The van der Waals surface area contributed by atoms with E-state index in [4.69, 9.17) is 11.2 Å². The maximum absolute atomic E-state index is 12.9. The van der Waals surface area contributed by atoms with Gasteiger partial charge in [0.15, 0.2) is 0 Å². The molecule has 0 saturated carbocycles. The van der Waals surface area contributed by atoms with Crippen LogP contribution in [0.3, 0.4) is 0 Å². The van der Waals surface area contributed by atoms with Gasteiger partial charge in [-0.05, 0) is 36.9 Å². The first-order valence-corrected chi connectivity index (χ1v) is 8.82. The van der Waals surface area contributed by atoms with Crippen LogP contribution in [0.2, 0.25) is 0 Å². The summed E-state index contributed by atoms with van der Waals surface area (Å²) in [5.41, 5.74) is 2.55. The molecule has 0 unspecified atom stereocenters. The Kier molecular flexibility index (Phi) is 5.55. The average Bonchev–Trinajstić information content (AvgIpc) is 2.62. The first-order valence-electron chi connectivity index (χ1n) is 8.82. The fourth-order valence-corrected chi connectivity index (χ4v) is 3.80. The zero-order valence-corrected chi connectivity index (χ0v) is 14.4. The van der Waals surface area contributed by atoms with Crippen molar-refractivity contribution >= 4 is 5.91 Å². The van der Waals surface area contributed by atoms with Crippen molar-refractivity contribution in [1.82, 2.24) is 9.80 Å². The number of nitrogens with zero attached hydrogens (tertiary/aromatic N) is 2. The number of hydrogen-bond acceptors (Lipinski definition) is 3. The van der Waals surface area contributed by atoms with Crippen LogP contribution in [0.1, 0.15) is 36.5 Å². The van der Waals surface area contributed by atoms with E-state index in [9.17, 15) is 4.79 Å². The molecule has 0 bridgehead atoms. The number of carbonyl (C=O) groups is 1. The van der Waals surface area contributed by atoms with Gasteiger partial charge in [0.1, 0.15) is 6.10 Å². The molecule has 128 valence electrons. The number of ether oxygens (including phenoxy) is 1. The van der Waals surface area contributed by atoms with Crippen molar-refractivity contribution in [2.45, 2.75) is 37.8 Å². The molecule has 1 aromatic rings. The van der Waals surface area contributed by atoms with Crippen LogP contribution in [0.5, 0.6) is 0 Å². The Morgan fingerprint density at radius 1 is 1.42 bits per heavy atom. The third-order valence-electron chi connectivity index (χ3n) is 5.10. The highest BCUT2D eigenvalue weighted by Crippen LogP contribution is 2.28. The van der Waals surface area contributed by atoms with E-state index < -0.39 is 0 Å². The van der Waals surface area contributed by atoms with Gasteiger partial charge in [-0.15, -0.1) is 6.42 Å². The van der Waals surface area contributed by atoms with Crippen LogP contribution in [0.15, 0.2) is 24.3 Å². The van der Waals surface area contributed by atoms with Crippen molar-refractivity contribution in [3.8, 4) is 12.3 Å². The topological polar surface area (TPSA) is 32.8 Å². The molecule has 0 aromatic heterocycles. The summed E-state index contributed by atoms with van der Waals surface area (Å²) in [6.07, 6.45) is 9.48. The van der Waals surface area contributed by atoms with E-state index in [2.05, 4.69) is 29.0 Å². The Labute approximate surface area is 144 Å². The van der Waals surface area contributed by atoms with Crippen LogP contribution in [0.25, 0.3) is 0 Å². The van der Waals surface area contributed by atoms with Crippen LogP contribution in [-0.4, -0.2) is 55.0 Å². The molecule has 1 fully saturated rings. The number of piperidine rings is 1. The number of rotatable bonds is 4. The molecule has 4 nitrogen and oxygen atoms in total. The lowest BCUT2D eigenvalue weighted by Crippen LogP contribution is -2.50. The molecular weight excluding hydrogens is 300 g/mol. The van der Waals surface area contributed by atoms with Gasteiger partial charge >= 0.3 is 0 Å². The molecule has 2 aliphatic rings. The number of amides is 1. The van der Waals surface area contributed by atoms with Gasteiger partial charge < -0.3 is 9.64 Å². The molecule has 2 aliphatic heterocycles. The lowest BCUT2D eigenvalue weighted by atomic mass is 9.96. The number of carbonyl (C=O) groups excluding carboxylic acids is 1. The minimum atomic E-state index is -0.0846. The summed E-state index contributed by atoms with van der Waals surface area (Å²) in [7, 11) is 1.88. The Hall–Kier alpha value is -1.83. The van der Waals surface area contributed by atoms with E-state index in [1.807, 2.05) is 18.0 Å². The van der Waals surface area contributed by atoms with E-state index >= 15 is 0 Å². The summed E-state index contributed by atoms with van der Waals surface area (Å²) in [5, 5.41) is 0. The van der Waals surface area contributed by atoms with Gasteiger partial charge in [0, 0.05) is 7.05 Å². The third kappa shape index (κ3) is 3.63. The summed E-state index contributed by atoms with van der Waals surface area (Å²) < 4.78 is 5.95. The molecule has 4 heteroatoms. The fraction of sp³-hybridized carbons (Fsp3) is 0.550. The van der Waals surface area contributed by atoms with Gasteiger partial charge in [-0.3, -0.25) is 9.69 Å². The maximum atomic E-state index is 12.9. The molecular formula is C20H26N2O2. The number of terminal acetylenes is 1. The summed E-state index contributed by atoms with van der Waals surface area (Å²) in [4.78, 5) is 16.9. The zero-order valence-electron chi connectivity index (χ0n) is 14.4. The second-order valence-electron chi connectivity index (χ2n) is 6.71. The Morgan fingerprint density at radius 3 is 3.08 bits per heavy atom. The second kappa shape index (κ2) is 7.83. The number of likely N-dealkylation sites (tertiary alicyclic amines) is 1. The highest BCUT2D eigenvalue weighted by atomic mass is 16.5. The van der Waals surface area contributed by atoms with Crippen LogP contribution in [0.4, 0.5) is 0 Å². The van der Waals surface area contributed by atoms with E-state index in [-0.39, 0.29) is 18.1 Å². The predicted octanol–water partition coefficient (Wildman–Crippen LogP) is 2.25. The van der Waals surface area contributed by atoms with Crippen molar-refractivity contribution < 1.29 is 9.53 Å². The molecule has 2 heterocycles. The summed E-state index contributed by atoms with van der Waals surface area (Å²) in [5.74, 6) is 2.85. The molecule has 2 atom stereocenters. The molecule has 0 N–H and O–H groups in total. The van der Waals surface area contributed by atoms with Gasteiger partial charge in [0.25, 0.3) is 0 Å². The smallest absolute Gasteiger partial charge is 0.239 e. The number of likely N-dealkylation sites (N-methyl/N-ethyl adjacent to an activating group) is 1. The number of fused-ring (bicyclic) bond motifs is 1. The SMILES string of the molecule is C#CCN1CCCC[C@H]1C(=O)N(C)C[C@H]1OCCc2ccccc21. The molecule has 3 rings (SSSR count). The van der Waals surface area contributed by atoms with Crippen LogP contribution >= 0.6 is 0 Å². The van der Waals surface area contributed by atoms with Crippen LogP contribution in [0, 0.1) is 12.3 Å². The Balaban J connectivity index is 1.67. The standard InChI is InChI=1S/C20H26N2O2/c1-3-12-22-13-7-6-10-18(22)20(23)21(2)15-19-17-9-5-4-8-16(17)11-14-24-19/h1,4-5,8-9,18-19H,6-7,10-15H2,2H3/t18-,19+/m0/s1.